The standard InChI is InChI=1S/C12H11ClN2S/c13-10-5-2-1-4-9(10)8-16-12-7-3-6-11(14)15-12/h1-7H,8H2,(H2,14,15). The van der Waals surface area contributed by atoms with Crippen molar-refractivity contribution in [1.82, 2.24) is 4.98 Å². The minimum Gasteiger partial charge on any atom is -0.384 e. The predicted molar refractivity (Wildman–Crippen MR) is 69.7 cm³/mol. The summed E-state index contributed by atoms with van der Waals surface area (Å²) in [4.78, 5) is 4.22. The quantitative estimate of drug-likeness (QED) is 0.846. The van der Waals surface area contributed by atoms with E-state index in [-0.39, 0.29) is 0 Å². The number of nitrogens with two attached hydrogens (primary N) is 1. The fourth-order valence-corrected chi connectivity index (χ4v) is 2.46. The Morgan fingerprint density at radius 1 is 1.12 bits per heavy atom. The molecule has 1 aromatic heterocycles. The van der Waals surface area contributed by atoms with Crippen LogP contribution in [0.2, 0.25) is 5.02 Å². The Morgan fingerprint density at radius 2 is 1.94 bits per heavy atom. The van der Waals surface area contributed by atoms with Crippen LogP contribution in [0.15, 0.2) is 47.5 Å². The van der Waals surface area contributed by atoms with E-state index in [9.17, 15) is 0 Å². The number of anilines is 1. The molecule has 0 aliphatic rings. The van der Waals surface area contributed by atoms with Gasteiger partial charge in [-0.05, 0) is 23.8 Å². The molecule has 16 heavy (non-hydrogen) atoms. The van der Waals surface area contributed by atoms with E-state index in [1.54, 1.807) is 17.8 Å². The third-order valence-electron chi connectivity index (χ3n) is 2.08. The van der Waals surface area contributed by atoms with Crippen LogP contribution in [0.4, 0.5) is 5.82 Å². The van der Waals surface area contributed by atoms with E-state index < -0.39 is 0 Å². The lowest BCUT2D eigenvalue weighted by molar-refractivity contribution is 1.14. The Morgan fingerprint density at radius 3 is 2.69 bits per heavy atom. The molecule has 2 aromatic rings. The highest BCUT2D eigenvalue weighted by atomic mass is 35.5. The van der Waals surface area contributed by atoms with E-state index in [1.807, 2.05) is 36.4 Å². The summed E-state index contributed by atoms with van der Waals surface area (Å²) >= 11 is 7.69. The summed E-state index contributed by atoms with van der Waals surface area (Å²) in [6.07, 6.45) is 0. The van der Waals surface area contributed by atoms with Crippen LogP contribution in [0.5, 0.6) is 0 Å². The van der Waals surface area contributed by atoms with Gasteiger partial charge in [0.15, 0.2) is 0 Å². The van der Waals surface area contributed by atoms with E-state index in [2.05, 4.69) is 4.98 Å². The van der Waals surface area contributed by atoms with Crippen LogP contribution >= 0.6 is 23.4 Å². The average Bonchev–Trinajstić information content (AvgIpc) is 2.28. The highest BCUT2D eigenvalue weighted by Crippen LogP contribution is 2.25. The van der Waals surface area contributed by atoms with Gasteiger partial charge in [0.05, 0.1) is 5.03 Å². The number of hydrogen-bond acceptors (Lipinski definition) is 3. The van der Waals surface area contributed by atoms with Crippen LogP contribution in [0.25, 0.3) is 0 Å². The molecule has 0 saturated carbocycles. The first-order valence-corrected chi connectivity index (χ1v) is 6.21. The Kier molecular flexibility index (Phi) is 3.70. The zero-order valence-electron chi connectivity index (χ0n) is 8.56. The van der Waals surface area contributed by atoms with Crippen molar-refractivity contribution < 1.29 is 0 Å². The first kappa shape index (κ1) is 11.3. The van der Waals surface area contributed by atoms with E-state index in [0.29, 0.717) is 5.82 Å². The van der Waals surface area contributed by atoms with Gasteiger partial charge in [0.25, 0.3) is 0 Å². The van der Waals surface area contributed by atoms with Crippen molar-refractivity contribution >= 4 is 29.2 Å². The summed E-state index contributed by atoms with van der Waals surface area (Å²) in [5, 5.41) is 1.71. The lowest BCUT2D eigenvalue weighted by atomic mass is 10.2. The topological polar surface area (TPSA) is 38.9 Å². The summed E-state index contributed by atoms with van der Waals surface area (Å²) in [6.45, 7) is 0. The molecule has 0 saturated heterocycles. The van der Waals surface area contributed by atoms with Gasteiger partial charge in [-0.25, -0.2) is 4.98 Å². The van der Waals surface area contributed by atoms with E-state index in [4.69, 9.17) is 17.3 Å². The molecule has 0 unspecified atom stereocenters. The summed E-state index contributed by atoms with van der Waals surface area (Å²) in [7, 11) is 0. The van der Waals surface area contributed by atoms with Crippen LogP contribution in [0.3, 0.4) is 0 Å². The molecule has 2 rings (SSSR count). The van der Waals surface area contributed by atoms with Gasteiger partial charge >= 0.3 is 0 Å². The van der Waals surface area contributed by atoms with E-state index in [0.717, 1.165) is 21.4 Å². The maximum absolute atomic E-state index is 6.06. The number of nitrogens with zero attached hydrogens (tertiary/aromatic N) is 1. The molecule has 1 heterocycles. The normalized spacial score (nSPS) is 10.3. The zero-order valence-corrected chi connectivity index (χ0v) is 10.1. The molecule has 0 aliphatic heterocycles. The van der Waals surface area contributed by atoms with E-state index >= 15 is 0 Å². The molecule has 0 spiro atoms. The maximum Gasteiger partial charge on any atom is 0.124 e. The van der Waals surface area contributed by atoms with Crippen molar-refractivity contribution in [1.29, 1.82) is 0 Å². The smallest absolute Gasteiger partial charge is 0.124 e. The molecule has 0 radical (unpaired) electrons. The second-order valence-corrected chi connectivity index (χ2v) is 4.68. The second-order valence-electron chi connectivity index (χ2n) is 3.28. The molecular formula is C12H11ClN2S. The molecule has 4 heteroatoms. The van der Waals surface area contributed by atoms with Crippen molar-refractivity contribution in [3.8, 4) is 0 Å². The van der Waals surface area contributed by atoms with Gasteiger partial charge in [0.2, 0.25) is 0 Å². The number of pyridine rings is 1. The second kappa shape index (κ2) is 5.23. The number of halogens is 1. The molecule has 0 amide bonds. The van der Waals surface area contributed by atoms with Crippen LogP contribution in [0.1, 0.15) is 5.56 Å². The van der Waals surface area contributed by atoms with Crippen molar-refractivity contribution in [3.63, 3.8) is 0 Å². The Labute approximate surface area is 104 Å². The first-order valence-electron chi connectivity index (χ1n) is 4.84. The minimum absolute atomic E-state index is 0.546. The van der Waals surface area contributed by atoms with Crippen LogP contribution in [-0.2, 0) is 5.75 Å². The third kappa shape index (κ3) is 2.90. The molecule has 0 fully saturated rings. The summed E-state index contributed by atoms with van der Waals surface area (Å²) in [5.41, 5.74) is 6.72. The van der Waals surface area contributed by atoms with Crippen molar-refractivity contribution in [2.75, 3.05) is 5.73 Å². The zero-order chi connectivity index (χ0) is 11.4. The molecule has 1 aromatic carbocycles. The van der Waals surface area contributed by atoms with E-state index in [1.165, 1.54) is 0 Å². The van der Waals surface area contributed by atoms with Gasteiger partial charge in [-0.3, -0.25) is 0 Å². The number of hydrogen-bond donors (Lipinski definition) is 1. The van der Waals surface area contributed by atoms with Gasteiger partial charge in [0.1, 0.15) is 5.82 Å². The first-order chi connectivity index (χ1) is 7.75. The Bertz CT molecular complexity index is 488. The Hall–Kier alpha value is -1.19. The fraction of sp³-hybridized carbons (Fsp3) is 0.0833. The highest BCUT2D eigenvalue weighted by molar-refractivity contribution is 7.98. The van der Waals surface area contributed by atoms with Gasteiger partial charge < -0.3 is 5.73 Å². The predicted octanol–water partition coefficient (Wildman–Crippen LogP) is 3.61. The van der Waals surface area contributed by atoms with Crippen molar-refractivity contribution in [2.45, 2.75) is 10.8 Å². The number of rotatable bonds is 3. The number of thioether (sulfide) groups is 1. The lowest BCUT2D eigenvalue weighted by Crippen LogP contribution is -1.90. The Balaban J connectivity index is 2.05. The molecule has 0 atom stereocenters. The monoisotopic (exact) mass is 250 g/mol. The molecular weight excluding hydrogens is 240 g/mol. The minimum atomic E-state index is 0.546. The number of benzene rings is 1. The van der Waals surface area contributed by atoms with Gasteiger partial charge in [-0.2, -0.15) is 0 Å². The number of aromatic nitrogens is 1. The molecule has 0 aliphatic carbocycles. The van der Waals surface area contributed by atoms with Crippen LogP contribution < -0.4 is 5.73 Å². The van der Waals surface area contributed by atoms with Crippen molar-refractivity contribution in [2.24, 2.45) is 0 Å². The fourth-order valence-electron chi connectivity index (χ4n) is 1.28. The lowest BCUT2D eigenvalue weighted by Gasteiger charge is -2.03. The van der Waals surface area contributed by atoms with Crippen LogP contribution in [0, 0.1) is 0 Å². The molecule has 0 bridgehead atoms. The summed E-state index contributed by atoms with van der Waals surface area (Å²) in [5.74, 6) is 1.35. The summed E-state index contributed by atoms with van der Waals surface area (Å²) in [6, 6.07) is 13.4. The number of nitrogen functional groups attached to an aromatic ring is 1. The van der Waals surface area contributed by atoms with Crippen molar-refractivity contribution in [3.05, 3.63) is 53.1 Å². The van der Waals surface area contributed by atoms with Gasteiger partial charge in [0, 0.05) is 10.8 Å². The summed E-state index contributed by atoms with van der Waals surface area (Å²) < 4.78 is 0. The van der Waals surface area contributed by atoms with Crippen LogP contribution in [-0.4, -0.2) is 4.98 Å². The molecule has 2 N–H and O–H groups in total. The maximum atomic E-state index is 6.06. The average molecular weight is 251 g/mol. The third-order valence-corrected chi connectivity index (χ3v) is 3.43. The highest BCUT2D eigenvalue weighted by Gasteiger charge is 2.01. The van der Waals surface area contributed by atoms with Gasteiger partial charge in [-0.15, -0.1) is 11.8 Å². The molecule has 82 valence electrons. The largest absolute Gasteiger partial charge is 0.384 e. The SMILES string of the molecule is Nc1cccc(SCc2ccccc2Cl)n1. The molecule has 2 nitrogen and oxygen atoms in total. The van der Waals surface area contributed by atoms with Gasteiger partial charge in [-0.1, -0.05) is 35.9 Å².